The summed E-state index contributed by atoms with van der Waals surface area (Å²) in [5, 5.41) is 3.39. The van der Waals surface area contributed by atoms with E-state index >= 15 is 0 Å². The van der Waals surface area contributed by atoms with Crippen molar-refractivity contribution in [1.82, 2.24) is 9.13 Å². The van der Waals surface area contributed by atoms with Crippen LogP contribution in [0.4, 0.5) is 30.2 Å². The molecular formula is C42H26F3N3. The second-order valence-electron chi connectivity index (χ2n) is 11.9. The third-order valence-electron chi connectivity index (χ3n) is 9.05. The summed E-state index contributed by atoms with van der Waals surface area (Å²) in [5.74, 6) is -0.950. The molecular weight excluding hydrogens is 603 g/mol. The van der Waals surface area contributed by atoms with Gasteiger partial charge in [-0.3, -0.25) is 0 Å². The third-order valence-corrected chi connectivity index (χ3v) is 9.05. The minimum atomic E-state index is -0.336. The summed E-state index contributed by atoms with van der Waals surface area (Å²) >= 11 is 0. The minimum Gasteiger partial charge on any atom is -0.310 e. The van der Waals surface area contributed by atoms with Gasteiger partial charge in [-0.05, 0) is 115 Å². The molecule has 2 aromatic heterocycles. The molecule has 7 aromatic carbocycles. The van der Waals surface area contributed by atoms with Crippen LogP contribution >= 0.6 is 0 Å². The van der Waals surface area contributed by atoms with E-state index in [2.05, 4.69) is 26.2 Å². The molecule has 48 heavy (non-hydrogen) atoms. The Balaban J connectivity index is 1.31. The van der Waals surface area contributed by atoms with Crippen LogP contribution in [0.5, 0.6) is 0 Å². The molecule has 230 valence electrons. The Labute approximate surface area is 273 Å². The maximum atomic E-state index is 14.8. The first-order chi connectivity index (χ1) is 23.5. The number of fused-ring (bicyclic) bond motifs is 6. The third kappa shape index (κ3) is 4.45. The number of nitrogens with zero attached hydrogens (tertiary/aromatic N) is 3. The number of benzene rings is 7. The second-order valence-corrected chi connectivity index (χ2v) is 11.9. The van der Waals surface area contributed by atoms with Crippen molar-refractivity contribution in [3.63, 3.8) is 0 Å². The normalized spacial score (nSPS) is 11.6. The highest BCUT2D eigenvalue weighted by molar-refractivity contribution is 6.12. The second kappa shape index (κ2) is 10.9. The van der Waals surface area contributed by atoms with Crippen LogP contribution in [0.25, 0.3) is 55.0 Å². The summed E-state index contributed by atoms with van der Waals surface area (Å²) in [6, 6.07) is 48.4. The van der Waals surface area contributed by atoms with Crippen molar-refractivity contribution in [3.05, 3.63) is 175 Å². The molecule has 0 atom stereocenters. The van der Waals surface area contributed by atoms with E-state index < -0.39 is 0 Å². The van der Waals surface area contributed by atoms with Crippen LogP contribution in [0.15, 0.2) is 158 Å². The van der Waals surface area contributed by atoms with Gasteiger partial charge in [0, 0.05) is 50.0 Å². The molecule has 0 saturated heterocycles. The van der Waals surface area contributed by atoms with Crippen molar-refractivity contribution in [2.75, 3.05) is 4.90 Å². The maximum Gasteiger partial charge on any atom is 0.123 e. The number of halogens is 3. The van der Waals surface area contributed by atoms with E-state index in [9.17, 15) is 13.2 Å². The molecule has 0 aliphatic heterocycles. The summed E-state index contributed by atoms with van der Waals surface area (Å²) in [6.07, 6.45) is 0. The van der Waals surface area contributed by atoms with E-state index in [1.54, 1.807) is 24.3 Å². The average Bonchev–Trinajstić information content (AvgIpc) is 3.61. The Bertz CT molecular complexity index is 2640. The summed E-state index contributed by atoms with van der Waals surface area (Å²) in [6.45, 7) is 0. The lowest BCUT2D eigenvalue weighted by Gasteiger charge is -2.26. The van der Waals surface area contributed by atoms with Gasteiger partial charge in [0.25, 0.3) is 0 Å². The molecule has 0 spiro atoms. The van der Waals surface area contributed by atoms with Crippen LogP contribution in [0.1, 0.15) is 0 Å². The standard InChI is InChI=1S/C42H26F3N3/c43-27-11-15-32(16-12-27)46(33-18-22-41-38(25-33)37-24-29(45)14-21-40(37)47(41)30-7-3-1-4-8-30)34-17-19-35-36-23-28(44)13-20-39(36)48(42(35)26-34)31-9-5-2-6-10-31/h1-26H. The van der Waals surface area contributed by atoms with E-state index in [1.807, 2.05) is 97.1 Å². The molecule has 9 rings (SSSR count). The van der Waals surface area contributed by atoms with Crippen LogP contribution in [-0.2, 0) is 0 Å². The van der Waals surface area contributed by atoms with Crippen molar-refractivity contribution >= 4 is 60.7 Å². The SMILES string of the molecule is Fc1ccc(N(c2ccc3c(c2)c2cc(F)ccc2n3-c2ccccc2)c2ccc3c4cc(F)ccc4n(-c4ccccc4)c3c2)cc1. The molecule has 0 unspecified atom stereocenters. The van der Waals surface area contributed by atoms with Crippen LogP contribution in [0.2, 0.25) is 0 Å². The van der Waals surface area contributed by atoms with Gasteiger partial charge in [-0.2, -0.15) is 0 Å². The molecule has 2 heterocycles. The molecule has 0 bridgehead atoms. The summed E-state index contributed by atoms with van der Waals surface area (Å²) < 4.78 is 47.8. The van der Waals surface area contributed by atoms with Gasteiger partial charge in [0.05, 0.1) is 22.1 Å². The predicted molar refractivity (Wildman–Crippen MR) is 190 cm³/mol. The summed E-state index contributed by atoms with van der Waals surface area (Å²) in [4.78, 5) is 2.07. The van der Waals surface area contributed by atoms with Crippen LogP contribution in [0, 0.1) is 17.5 Å². The lowest BCUT2D eigenvalue weighted by Crippen LogP contribution is -2.10. The Morgan fingerprint density at radius 1 is 0.333 bits per heavy atom. The number of rotatable bonds is 5. The van der Waals surface area contributed by atoms with Gasteiger partial charge in [-0.1, -0.05) is 42.5 Å². The summed E-state index contributed by atoms with van der Waals surface area (Å²) in [5.41, 5.74) is 7.94. The molecule has 0 radical (unpaired) electrons. The molecule has 6 heteroatoms. The van der Waals surface area contributed by atoms with E-state index in [0.29, 0.717) is 0 Å². The maximum absolute atomic E-state index is 14.8. The van der Waals surface area contributed by atoms with E-state index in [0.717, 1.165) is 72.0 Å². The van der Waals surface area contributed by atoms with Gasteiger partial charge in [0.15, 0.2) is 0 Å². The molecule has 3 nitrogen and oxygen atoms in total. The molecule has 0 saturated carbocycles. The monoisotopic (exact) mass is 629 g/mol. The number of hydrogen-bond donors (Lipinski definition) is 0. The van der Waals surface area contributed by atoms with Crippen molar-refractivity contribution in [2.45, 2.75) is 0 Å². The zero-order valence-corrected chi connectivity index (χ0v) is 25.5. The van der Waals surface area contributed by atoms with Gasteiger partial charge >= 0.3 is 0 Å². The first-order valence-corrected chi connectivity index (χ1v) is 15.7. The zero-order valence-electron chi connectivity index (χ0n) is 25.5. The average molecular weight is 630 g/mol. The first kappa shape index (κ1) is 28.0. The smallest absolute Gasteiger partial charge is 0.123 e. The minimum absolute atomic E-state index is 0.300. The molecule has 0 N–H and O–H groups in total. The van der Waals surface area contributed by atoms with Gasteiger partial charge < -0.3 is 14.0 Å². The predicted octanol–water partition coefficient (Wildman–Crippen LogP) is 11.8. The highest BCUT2D eigenvalue weighted by Crippen LogP contribution is 2.42. The van der Waals surface area contributed by atoms with Gasteiger partial charge in [-0.25, -0.2) is 13.2 Å². The van der Waals surface area contributed by atoms with Crippen LogP contribution in [0.3, 0.4) is 0 Å². The first-order valence-electron chi connectivity index (χ1n) is 15.7. The number of para-hydroxylation sites is 2. The highest BCUT2D eigenvalue weighted by Gasteiger charge is 2.20. The van der Waals surface area contributed by atoms with Crippen LogP contribution in [-0.4, -0.2) is 9.13 Å². The zero-order chi connectivity index (χ0) is 32.4. The van der Waals surface area contributed by atoms with Crippen molar-refractivity contribution < 1.29 is 13.2 Å². The molecule has 0 aliphatic rings. The topological polar surface area (TPSA) is 13.1 Å². The van der Waals surface area contributed by atoms with Crippen molar-refractivity contribution in [3.8, 4) is 11.4 Å². The Kier molecular flexibility index (Phi) is 6.37. The van der Waals surface area contributed by atoms with Gasteiger partial charge in [0.2, 0.25) is 0 Å². The molecule has 0 fully saturated rings. The fourth-order valence-electron chi connectivity index (χ4n) is 6.99. The fraction of sp³-hybridized carbons (Fsp3) is 0. The van der Waals surface area contributed by atoms with Gasteiger partial charge in [-0.15, -0.1) is 0 Å². The quantitative estimate of drug-likeness (QED) is 0.185. The summed E-state index contributed by atoms with van der Waals surface area (Å²) in [7, 11) is 0. The lowest BCUT2D eigenvalue weighted by atomic mass is 10.1. The number of anilines is 3. The number of hydrogen-bond acceptors (Lipinski definition) is 1. The lowest BCUT2D eigenvalue weighted by molar-refractivity contribution is 0.628. The van der Waals surface area contributed by atoms with Crippen LogP contribution < -0.4 is 4.90 Å². The van der Waals surface area contributed by atoms with E-state index in [-0.39, 0.29) is 17.5 Å². The van der Waals surface area contributed by atoms with E-state index in [1.165, 1.54) is 24.3 Å². The Morgan fingerprint density at radius 2 is 0.771 bits per heavy atom. The van der Waals surface area contributed by atoms with E-state index in [4.69, 9.17) is 0 Å². The molecule has 0 amide bonds. The Hall–Kier alpha value is -6.27. The number of aromatic nitrogens is 2. The Morgan fingerprint density at radius 3 is 1.38 bits per heavy atom. The molecule has 0 aliphatic carbocycles. The van der Waals surface area contributed by atoms with Crippen molar-refractivity contribution in [1.29, 1.82) is 0 Å². The molecule has 9 aromatic rings. The highest BCUT2D eigenvalue weighted by atomic mass is 19.1. The van der Waals surface area contributed by atoms with Crippen molar-refractivity contribution in [2.24, 2.45) is 0 Å². The fourth-order valence-corrected chi connectivity index (χ4v) is 6.99. The largest absolute Gasteiger partial charge is 0.310 e. The van der Waals surface area contributed by atoms with Gasteiger partial charge in [0.1, 0.15) is 17.5 Å².